The summed E-state index contributed by atoms with van der Waals surface area (Å²) in [7, 11) is 0. The van der Waals surface area contributed by atoms with E-state index in [0.717, 1.165) is 0 Å². The Morgan fingerprint density at radius 1 is 0.800 bits per heavy atom. The molecule has 0 spiro atoms. The Hall–Kier alpha value is -0.240. The molecule has 92 valence electrons. The number of aliphatic hydroxyl groups excluding tert-OH is 4. The van der Waals surface area contributed by atoms with Crippen LogP contribution in [-0.2, 0) is 9.47 Å². The first-order chi connectivity index (χ1) is 7.20. The van der Waals surface area contributed by atoms with Gasteiger partial charge in [-0.15, -0.1) is 0 Å². The summed E-state index contributed by atoms with van der Waals surface area (Å²) in [5.74, 6) is 0. The Balaban J connectivity index is 3.05. The van der Waals surface area contributed by atoms with Crippen molar-refractivity contribution in [3.63, 3.8) is 0 Å². The highest BCUT2D eigenvalue weighted by Gasteiger charge is 2.02. The lowest BCUT2D eigenvalue weighted by Gasteiger charge is -2.09. The highest BCUT2D eigenvalue weighted by molar-refractivity contribution is 4.50. The standard InChI is InChI=1S/C9H20O6/c10-4-8(12)6-14-2-1-3-15-7-9(13)5-11/h8-13H,1-7H2. The van der Waals surface area contributed by atoms with Gasteiger partial charge in [-0.25, -0.2) is 0 Å². The van der Waals surface area contributed by atoms with Gasteiger partial charge in [-0.1, -0.05) is 0 Å². The number of rotatable bonds is 10. The minimum Gasteiger partial charge on any atom is -0.394 e. The molecule has 0 saturated heterocycles. The molecule has 4 N–H and O–H groups in total. The maximum absolute atomic E-state index is 8.90. The van der Waals surface area contributed by atoms with E-state index in [0.29, 0.717) is 19.6 Å². The number of hydrogen-bond acceptors (Lipinski definition) is 6. The lowest BCUT2D eigenvalue weighted by molar-refractivity contribution is -0.0149. The van der Waals surface area contributed by atoms with Crippen LogP contribution in [0, 0.1) is 0 Å². The minimum absolute atomic E-state index is 0.107. The Bertz CT molecular complexity index is 118. The Labute approximate surface area is 89.1 Å². The van der Waals surface area contributed by atoms with Gasteiger partial charge in [-0.05, 0) is 6.42 Å². The van der Waals surface area contributed by atoms with Crippen LogP contribution in [0.25, 0.3) is 0 Å². The van der Waals surface area contributed by atoms with E-state index in [4.69, 9.17) is 29.9 Å². The highest BCUT2D eigenvalue weighted by atomic mass is 16.5. The molecule has 0 aromatic heterocycles. The SMILES string of the molecule is OCC(O)COCCCOCC(O)CO. The van der Waals surface area contributed by atoms with E-state index in [1.54, 1.807) is 0 Å². The van der Waals surface area contributed by atoms with E-state index < -0.39 is 12.2 Å². The van der Waals surface area contributed by atoms with Gasteiger partial charge in [0.1, 0.15) is 12.2 Å². The Kier molecular flexibility index (Phi) is 10.1. The lowest BCUT2D eigenvalue weighted by atomic mass is 10.4. The Morgan fingerprint density at radius 2 is 1.20 bits per heavy atom. The second kappa shape index (κ2) is 10.3. The first kappa shape index (κ1) is 14.8. The molecule has 0 aliphatic rings. The molecule has 0 fully saturated rings. The summed E-state index contributed by atoms with van der Waals surface area (Å²) >= 11 is 0. The molecule has 6 nitrogen and oxygen atoms in total. The smallest absolute Gasteiger partial charge is 0.100 e. The van der Waals surface area contributed by atoms with Crippen LogP contribution >= 0.6 is 0 Å². The van der Waals surface area contributed by atoms with Gasteiger partial charge < -0.3 is 29.9 Å². The van der Waals surface area contributed by atoms with Crippen molar-refractivity contribution in [3.05, 3.63) is 0 Å². The molecule has 15 heavy (non-hydrogen) atoms. The fourth-order valence-electron chi connectivity index (χ4n) is 0.807. The van der Waals surface area contributed by atoms with Gasteiger partial charge in [0.05, 0.1) is 26.4 Å². The van der Waals surface area contributed by atoms with E-state index >= 15 is 0 Å². The summed E-state index contributed by atoms with van der Waals surface area (Å²) in [5, 5.41) is 34.7. The number of aliphatic hydroxyl groups is 4. The van der Waals surface area contributed by atoms with Gasteiger partial charge in [0.2, 0.25) is 0 Å². The predicted octanol–water partition coefficient (Wildman–Crippen LogP) is -1.88. The quantitative estimate of drug-likeness (QED) is 0.324. The van der Waals surface area contributed by atoms with Gasteiger partial charge in [0.25, 0.3) is 0 Å². The van der Waals surface area contributed by atoms with Crippen LogP contribution < -0.4 is 0 Å². The summed E-state index contributed by atoms with van der Waals surface area (Å²) in [6.07, 6.45) is -1.03. The van der Waals surface area contributed by atoms with Crippen LogP contribution in [0.5, 0.6) is 0 Å². The van der Waals surface area contributed by atoms with Crippen LogP contribution in [0.1, 0.15) is 6.42 Å². The van der Waals surface area contributed by atoms with Gasteiger partial charge in [-0.3, -0.25) is 0 Å². The van der Waals surface area contributed by atoms with Crippen molar-refractivity contribution in [2.24, 2.45) is 0 Å². The maximum Gasteiger partial charge on any atom is 0.100 e. The molecule has 0 aromatic rings. The summed E-state index contributed by atoms with van der Waals surface area (Å²) in [5.41, 5.74) is 0. The first-order valence-corrected chi connectivity index (χ1v) is 4.94. The molecule has 0 aromatic carbocycles. The van der Waals surface area contributed by atoms with E-state index in [9.17, 15) is 0 Å². The van der Waals surface area contributed by atoms with Gasteiger partial charge in [0, 0.05) is 13.2 Å². The molecule has 0 bridgehead atoms. The van der Waals surface area contributed by atoms with Crippen molar-refractivity contribution in [2.75, 3.05) is 39.6 Å². The van der Waals surface area contributed by atoms with Gasteiger partial charge >= 0.3 is 0 Å². The summed E-state index contributed by atoms with van der Waals surface area (Å²) in [6, 6.07) is 0. The van der Waals surface area contributed by atoms with Crippen molar-refractivity contribution < 1.29 is 29.9 Å². The number of hydrogen-bond donors (Lipinski definition) is 4. The zero-order chi connectivity index (χ0) is 11.5. The van der Waals surface area contributed by atoms with Crippen LogP contribution in [0.2, 0.25) is 0 Å². The topological polar surface area (TPSA) is 99.4 Å². The molecule has 6 heteroatoms. The molecule has 0 saturated carbocycles. The third-order valence-electron chi connectivity index (χ3n) is 1.62. The van der Waals surface area contributed by atoms with Crippen molar-refractivity contribution in [2.45, 2.75) is 18.6 Å². The van der Waals surface area contributed by atoms with Crippen molar-refractivity contribution in [3.8, 4) is 0 Å². The molecule has 2 unspecified atom stereocenters. The monoisotopic (exact) mass is 224 g/mol. The molecule has 0 heterocycles. The van der Waals surface area contributed by atoms with Crippen LogP contribution in [0.15, 0.2) is 0 Å². The van der Waals surface area contributed by atoms with Crippen LogP contribution in [0.4, 0.5) is 0 Å². The molecule has 2 atom stereocenters. The first-order valence-electron chi connectivity index (χ1n) is 4.94. The largest absolute Gasteiger partial charge is 0.394 e. The van der Waals surface area contributed by atoms with E-state index in [2.05, 4.69) is 0 Å². The average Bonchev–Trinajstić information content (AvgIpc) is 2.26. The molecule has 0 rings (SSSR count). The molecular formula is C9H20O6. The second-order valence-electron chi connectivity index (χ2n) is 3.18. The fourth-order valence-corrected chi connectivity index (χ4v) is 0.807. The average molecular weight is 224 g/mol. The lowest BCUT2D eigenvalue weighted by Crippen LogP contribution is -2.21. The molecule has 0 aliphatic heterocycles. The van der Waals surface area contributed by atoms with E-state index in [-0.39, 0.29) is 26.4 Å². The third kappa shape index (κ3) is 10.1. The molecule has 0 amide bonds. The van der Waals surface area contributed by atoms with Crippen LogP contribution in [-0.4, -0.2) is 72.3 Å². The van der Waals surface area contributed by atoms with E-state index in [1.807, 2.05) is 0 Å². The second-order valence-corrected chi connectivity index (χ2v) is 3.18. The normalized spacial score (nSPS) is 15.2. The third-order valence-corrected chi connectivity index (χ3v) is 1.62. The van der Waals surface area contributed by atoms with Crippen molar-refractivity contribution >= 4 is 0 Å². The minimum atomic E-state index is -0.831. The zero-order valence-electron chi connectivity index (χ0n) is 8.71. The van der Waals surface area contributed by atoms with Crippen molar-refractivity contribution in [1.82, 2.24) is 0 Å². The predicted molar refractivity (Wildman–Crippen MR) is 52.4 cm³/mol. The van der Waals surface area contributed by atoms with Crippen LogP contribution in [0.3, 0.4) is 0 Å². The fraction of sp³-hybridized carbons (Fsp3) is 1.00. The summed E-state index contributed by atoms with van der Waals surface area (Å²) in [4.78, 5) is 0. The summed E-state index contributed by atoms with van der Waals surface area (Å²) in [6.45, 7) is 0.447. The number of ether oxygens (including phenoxy) is 2. The molecular weight excluding hydrogens is 204 g/mol. The van der Waals surface area contributed by atoms with Gasteiger partial charge in [0.15, 0.2) is 0 Å². The van der Waals surface area contributed by atoms with Crippen molar-refractivity contribution in [1.29, 1.82) is 0 Å². The highest BCUT2D eigenvalue weighted by Crippen LogP contribution is 1.90. The zero-order valence-corrected chi connectivity index (χ0v) is 8.71. The molecule has 0 aliphatic carbocycles. The summed E-state index contributed by atoms with van der Waals surface area (Å²) < 4.78 is 10.0. The Morgan fingerprint density at radius 3 is 1.53 bits per heavy atom. The van der Waals surface area contributed by atoms with E-state index in [1.165, 1.54) is 0 Å². The van der Waals surface area contributed by atoms with Gasteiger partial charge in [-0.2, -0.15) is 0 Å². The maximum atomic E-state index is 8.90. The molecule has 0 radical (unpaired) electrons.